The smallest absolute Gasteiger partial charge is 0.257 e. The fourth-order valence-corrected chi connectivity index (χ4v) is 5.85. The summed E-state index contributed by atoms with van der Waals surface area (Å²) >= 11 is 6.31. The molecule has 3 N–H and O–H groups in total. The zero-order valence-electron chi connectivity index (χ0n) is 21.0. The van der Waals surface area contributed by atoms with E-state index in [2.05, 4.69) is 30.5 Å². The van der Waals surface area contributed by atoms with E-state index in [0.29, 0.717) is 57.8 Å². The summed E-state index contributed by atoms with van der Waals surface area (Å²) in [4.78, 5) is 30.3. The molecule has 0 atom stereocenters. The predicted molar refractivity (Wildman–Crippen MR) is 143 cm³/mol. The summed E-state index contributed by atoms with van der Waals surface area (Å²) in [7, 11) is 0. The minimum absolute atomic E-state index is 0.0153. The molecule has 196 valence electrons. The molecule has 37 heavy (non-hydrogen) atoms. The highest BCUT2D eigenvalue weighted by Gasteiger charge is 2.32. The Kier molecular flexibility index (Phi) is 6.69. The van der Waals surface area contributed by atoms with Crippen molar-refractivity contribution in [2.24, 2.45) is 0 Å². The summed E-state index contributed by atoms with van der Waals surface area (Å²) in [6.45, 7) is 6.63. The van der Waals surface area contributed by atoms with E-state index < -0.39 is 0 Å². The standard InChI is InChI=1S/C26H32ClN7O3/c1-2-28-23-20-18(27)14-29-24(20)32-26(31-23)30-19-7-6-17(21-22(19)37-15-36-21)25(35)34-12-8-16(9-13-34)33-10-4-3-5-11-33/h6-7,14,16H,2-5,8-13,15H2,1H3,(H3,28,29,30,31,32). The van der Waals surface area contributed by atoms with Gasteiger partial charge in [0.15, 0.2) is 11.5 Å². The lowest BCUT2D eigenvalue weighted by Crippen LogP contribution is -2.48. The van der Waals surface area contributed by atoms with Crippen LogP contribution >= 0.6 is 11.6 Å². The highest BCUT2D eigenvalue weighted by molar-refractivity contribution is 6.36. The normalized spacial score (nSPS) is 18.4. The number of nitrogens with zero attached hydrogens (tertiary/aromatic N) is 4. The van der Waals surface area contributed by atoms with E-state index >= 15 is 0 Å². The second-order valence-electron chi connectivity index (χ2n) is 9.76. The van der Waals surface area contributed by atoms with E-state index in [4.69, 9.17) is 21.1 Å². The van der Waals surface area contributed by atoms with Crippen LogP contribution < -0.4 is 20.1 Å². The lowest BCUT2D eigenvalue weighted by Gasteiger charge is -2.40. The number of ether oxygens (including phenoxy) is 2. The molecule has 2 saturated heterocycles. The molecule has 0 unspecified atom stereocenters. The first-order chi connectivity index (χ1) is 18.1. The van der Waals surface area contributed by atoms with Gasteiger partial charge in [-0.05, 0) is 57.8 Å². The van der Waals surface area contributed by atoms with E-state index in [1.165, 1.54) is 32.4 Å². The van der Waals surface area contributed by atoms with Crippen LogP contribution in [-0.4, -0.2) is 76.2 Å². The molecule has 5 heterocycles. The number of benzene rings is 1. The summed E-state index contributed by atoms with van der Waals surface area (Å²) in [6.07, 6.45) is 7.64. The highest BCUT2D eigenvalue weighted by atomic mass is 35.5. The summed E-state index contributed by atoms with van der Waals surface area (Å²) in [6, 6.07) is 4.20. The van der Waals surface area contributed by atoms with Gasteiger partial charge in [0.1, 0.15) is 11.5 Å². The number of halogens is 1. The number of amides is 1. The third-order valence-corrected chi connectivity index (χ3v) is 7.78. The Bertz CT molecular complexity index is 1300. The van der Waals surface area contributed by atoms with Crippen LogP contribution in [0.25, 0.3) is 11.0 Å². The van der Waals surface area contributed by atoms with Crippen molar-refractivity contribution in [3.63, 3.8) is 0 Å². The Balaban J connectivity index is 1.20. The number of H-pyrrole nitrogens is 1. The minimum atomic E-state index is -0.0153. The number of carbonyl (C=O) groups excluding carboxylic acids is 1. The van der Waals surface area contributed by atoms with Gasteiger partial charge in [-0.2, -0.15) is 9.97 Å². The van der Waals surface area contributed by atoms with Gasteiger partial charge >= 0.3 is 0 Å². The van der Waals surface area contributed by atoms with Gasteiger partial charge in [-0.15, -0.1) is 0 Å². The van der Waals surface area contributed by atoms with Crippen molar-refractivity contribution in [1.82, 2.24) is 24.8 Å². The van der Waals surface area contributed by atoms with Crippen LogP contribution in [0.2, 0.25) is 5.02 Å². The van der Waals surface area contributed by atoms with Gasteiger partial charge in [0.05, 0.1) is 21.7 Å². The van der Waals surface area contributed by atoms with Gasteiger partial charge < -0.3 is 34.9 Å². The molecule has 0 bridgehead atoms. The van der Waals surface area contributed by atoms with Crippen molar-refractivity contribution in [3.05, 3.63) is 28.9 Å². The Labute approximate surface area is 220 Å². The van der Waals surface area contributed by atoms with Crippen molar-refractivity contribution < 1.29 is 14.3 Å². The maximum atomic E-state index is 13.5. The van der Waals surface area contributed by atoms with Gasteiger partial charge in [0, 0.05) is 31.9 Å². The zero-order chi connectivity index (χ0) is 25.4. The minimum Gasteiger partial charge on any atom is -0.453 e. The summed E-state index contributed by atoms with van der Waals surface area (Å²) in [5, 5.41) is 7.76. The van der Waals surface area contributed by atoms with Crippen molar-refractivity contribution in [1.29, 1.82) is 0 Å². The van der Waals surface area contributed by atoms with E-state index in [1.54, 1.807) is 12.3 Å². The lowest BCUT2D eigenvalue weighted by atomic mass is 9.99. The topological polar surface area (TPSA) is 108 Å². The lowest BCUT2D eigenvalue weighted by molar-refractivity contribution is 0.0586. The molecule has 2 fully saturated rings. The van der Waals surface area contributed by atoms with Crippen LogP contribution in [0.5, 0.6) is 11.5 Å². The number of fused-ring (bicyclic) bond motifs is 2. The molecule has 3 aliphatic heterocycles. The SMILES string of the molecule is CCNc1nc(Nc2ccc(C(=O)N3CCC(N4CCCCC4)CC3)c3c2OCO3)nc2[nH]cc(Cl)c12. The second kappa shape index (κ2) is 10.3. The molecule has 0 radical (unpaired) electrons. The van der Waals surface area contributed by atoms with E-state index in [-0.39, 0.29) is 12.7 Å². The van der Waals surface area contributed by atoms with E-state index in [0.717, 1.165) is 31.3 Å². The van der Waals surface area contributed by atoms with Crippen LogP contribution in [0.15, 0.2) is 18.3 Å². The number of carbonyl (C=O) groups is 1. The first-order valence-corrected chi connectivity index (χ1v) is 13.5. The maximum absolute atomic E-state index is 13.5. The molecule has 0 saturated carbocycles. The highest BCUT2D eigenvalue weighted by Crippen LogP contribution is 2.44. The quantitative estimate of drug-likeness (QED) is 0.428. The maximum Gasteiger partial charge on any atom is 0.257 e. The van der Waals surface area contributed by atoms with Gasteiger partial charge in [-0.1, -0.05) is 18.0 Å². The van der Waals surface area contributed by atoms with Gasteiger partial charge in [0.25, 0.3) is 5.91 Å². The third kappa shape index (κ3) is 4.64. The molecule has 1 aromatic carbocycles. The number of piperidine rings is 2. The van der Waals surface area contributed by atoms with Crippen molar-refractivity contribution in [2.45, 2.75) is 45.1 Å². The first-order valence-electron chi connectivity index (χ1n) is 13.1. The molecule has 1 amide bonds. The monoisotopic (exact) mass is 525 g/mol. The average molecular weight is 526 g/mol. The molecular formula is C26H32ClN7O3. The largest absolute Gasteiger partial charge is 0.453 e. The molecular weight excluding hydrogens is 494 g/mol. The second-order valence-corrected chi connectivity index (χ2v) is 10.2. The molecule has 11 heteroatoms. The Hall–Kier alpha value is -3.24. The summed E-state index contributed by atoms with van der Waals surface area (Å²) < 4.78 is 11.6. The van der Waals surface area contributed by atoms with Gasteiger partial charge in [0.2, 0.25) is 12.7 Å². The molecule has 6 rings (SSSR count). The van der Waals surface area contributed by atoms with Crippen LogP contribution in [0, 0.1) is 0 Å². The van der Waals surface area contributed by atoms with Crippen molar-refractivity contribution >= 4 is 46.0 Å². The number of rotatable bonds is 6. The van der Waals surface area contributed by atoms with E-state index in [9.17, 15) is 4.79 Å². The van der Waals surface area contributed by atoms with Gasteiger partial charge in [-0.3, -0.25) is 4.79 Å². The van der Waals surface area contributed by atoms with E-state index in [1.807, 2.05) is 17.9 Å². The predicted octanol–water partition coefficient (Wildman–Crippen LogP) is 4.61. The fourth-order valence-electron chi connectivity index (χ4n) is 5.62. The fraction of sp³-hybridized carbons (Fsp3) is 0.500. The van der Waals surface area contributed by atoms with Crippen LogP contribution in [-0.2, 0) is 0 Å². The number of aromatic amines is 1. The number of nitrogens with one attached hydrogen (secondary N) is 3. The van der Waals surface area contributed by atoms with Crippen molar-refractivity contribution in [3.8, 4) is 11.5 Å². The van der Waals surface area contributed by atoms with Crippen LogP contribution in [0.3, 0.4) is 0 Å². The summed E-state index contributed by atoms with van der Waals surface area (Å²) in [5.41, 5.74) is 1.77. The average Bonchev–Trinajstić information content (AvgIpc) is 3.57. The number of hydrogen-bond donors (Lipinski definition) is 3. The Morgan fingerprint density at radius 2 is 1.89 bits per heavy atom. The number of aromatic nitrogens is 3. The number of anilines is 3. The Morgan fingerprint density at radius 3 is 2.68 bits per heavy atom. The molecule has 10 nitrogen and oxygen atoms in total. The molecule has 3 aromatic rings. The van der Waals surface area contributed by atoms with Gasteiger partial charge in [-0.25, -0.2) is 0 Å². The molecule has 0 spiro atoms. The number of likely N-dealkylation sites (tertiary alicyclic amines) is 2. The first kappa shape index (κ1) is 24.1. The number of hydrogen-bond acceptors (Lipinski definition) is 8. The van der Waals surface area contributed by atoms with Crippen LogP contribution in [0.1, 0.15) is 49.4 Å². The Morgan fingerprint density at radius 1 is 1.11 bits per heavy atom. The molecule has 3 aliphatic rings. The van der Waals surface area contributed by atoms with Crippen LogP contribution in [0.4, 0.5) is 17.5 Å². The van der Waals surface area contributed by atoms with Crippen molar-refractivity contribution in [2.75, 3.05) is 50.2 Å². The zero-order valence-corrected chi connectivity index (χ0v) is 21.7. The third-order valence-electron chi connectivity index (χ3n) is 7.48. The molecule has 0 aliphatic carbocycles. The molecule has 2 aromatic heterocycles. The summed E-state index contributed by atoms with van der Waals surface area (Å²) in [5.74, 6) is 1.95.